The molecule has 148 valence electrons. The maximum atomic E-state index is 13.0. The molecule has 6 nitrogen and oxygen atoms in total. The predicted molar refractivity (Wildman–Crippen MR) is 93.4 cm³/mol. The number of halogens is 3. The highest BCUT2D eigenvalue weighted by atomic mass is 19.4. The van der Waals surface area contributed by atoms with Crippen LogP contribution < -0.4 is 10.9 Å². The Labute approximate surface area is 153 Å². The molecule has 9 heteroatoms. The van der Waals surface area contributed by atoms with Gasteiger partial charge in [0.1, 0.15) is 0 Å². The summed E-state index contributed by atoms with van der Waals surface area (Å²) in [4.78, 5) is 16.7. The molecule has 0 spiro atoms. The molecule has 1 aromatic carbocycles. The smallest absolute Gasteiger partial charge is 0.392 e. The number of aromatic nitrogens is 2. The summed E-state index contributed by atoms with van der Waals surface area (Å²) in [7, 11) is 0. The summed E-state index contributed by atoms with van der Waals surface area (Å²) in [5.41, 5.74) is -1.06. The molecule has 0 aliphatic carbocycles. The van der Waals surface area contributed by atoms with E-state index in [0.717, 1.165) is 29.7 Å². The van der Waals surface area contributed by atoms with Crippen molar-refractivity contribution in [1.82, 2.24) is 14.9 Å². The fourth-order valence-electron chi connectivity index (χ4n) is 3.51. The minimum Gasteiger partial charge on any atom is -0.392 e. The molecule has 27 heavy (non-hydrogen) atoms. The Hall–Kier alpha value is -1.97. The third-order valence-corrected chi connectivity index (χ3v) is 4.93. The van der Waals surface area contributed by atoms with Crippen LogP contribution in [0.15, 0.2) is 23.3 Å². The molecule has 1 aromatic heterocycles. The Balaban J connectivity index is 1.86. The molecule has 0 unspecified atom stereocenters. The number of fused-ring (bicyclic) bond motifs is 1. The van der Waals surface area contributed by atoms with Crippen LogP contribution in [0.3, 0.4) is 0 Å². The van der Waals surface area contributed by atoms with Crippen LogP contribution in [0.4, 0.5) is 13.2 Å². The monoisotopic (exact) mass is 385 g/mol. The van der Waals surface area contributed by atoms with Crippen molar-refractivity contribution in [1.29, 1.82) is 0 Å². The number of nitrogens with zero attached hydrogens (tertiary/aromatic N) is 2. The molecule has 3 rings (SSSR count). The molecule has 1 fully saturated rings. The van der Waals surface area contributed by atoms with Crippen LogP contribution >= 0.6 is 0 Å². The molecule has 0 bridgehead atoms. The van der Waals surface area contributed by atoms with Crippen LogP contribution in [0, 0.1) is 6.92 Å². The van der Waals surface area contributed by atoms with Crippen molar-refractivity contribution in [3.8, 4) is 0 Å². The van der Waals surface area contributed by atoms with Gasteiger partial charge in [-0.2, -0.15) is 13.2 Å². The van der Waals surface area contributed by atoms with Gasteiger partial charge in [-0.05, 0) is 50.4 Å². The third-order valence-electron chi connectivity index (χ3n) is 4.93. The molecule has 0 amide bonds. The zero-order valence-electron chi connectivity index (χ0n) is 14.8. The van der Waals surface area contributed by atoms with Crippen molar-refractivity contribution < 1.29 is 23.4 Å². The fourth-order valence-corrected chi connectivity index (χ4v) is 3.51. The first kappa shape index (κ1) is 19.8. The van der Waals surface area contributed by atoms with E-state index in [9.17, 15) is 28.2 Å². The van der Waals surface area contributed by atoms with Gasteiger partial charge in [-0.25, -0.2) is 4.98 Å². The Morgan fingerprint density at radius 1 is 1.41 bits per heavy atom. The summed E-state index contributed by atoms with van der Waals surface area (Å²) in [6.07, 6.45) is -3.12. The Morgan fingerprint density at radius 2 is 2.15 bits per heavy atom. The number of nitrogens with one attached hydrogen (secondary N) is 1. The Bertz CT molecular complexity index is 882. The van der Waals surface area contributed by atoms with E-state index in [-0.39, 0.29) is 35.5 Å². The molecule has 3 N–H and O–H groups in total. The van der Waals surface area contributed by atoms with Crippen molar-refractivity contribution in [2.24, 2.45) is 0 Å². The van der Waals surface area contributed by atoms with E-state index in [4.69, 9.17) is 0 Å². The van der Waals surface area contributed by atoms with Crippen molar-refractivity contribution >= 4 is 10.9 Å². The van der Waals surface area contributed by atoms with E-state index in [1.54, 1.807) is 0 Å². The molecular formula is C18H22F3N3O3. The van der Waals surface area contributed by atoms with Crippen LogP contribution in [0.1, 0.15) is 30.4 Å². The summed E-state index contributed by atoms with van der Waals surface area (Å²) in [6, 6.07) is 1.48. The standard InChI is InChI=1S/C18H22F3N3O3/c1-10-5-11(18(19,20)21)6-13-16(10)23-9-24(17(13)27)8-12(25)7-14-15(26)3-2-4-22-14/h5-6,9,12,14-15,22,25-26H,2-4,7-8H2,1H3/t12-,14+,15-/m0/s1. The van der Waals surface area contributed by atoms with Gasteiger partial charge in [0, 0.05) is 6.04 Å². The summed E-state index contributed by atoms with van der Waals surface area (Å²) < 4.78 is 40.2. The van der Waals surface area contributed by atoms with Crippen LogP contribution in [0.25, 0.3) is 10.9 Å². The summed E-state index contributed by atoms with van der Waals surface area (Å²) in [6.45, 7) is 2.10. The lowest BCUT2D eigenvalue weighted by Gasteiger charge is -2.30. The number of hydrogen-bond donors (Lipinski definition) is 3. The summed E-state index contributed by atoms with van der Waals surface area (Å²) >= 11 is 0. The number of hydrogen-bond acceptors (Lipinski definition) is 5. The Morgan fingerprint density at radius 3 is 2.81 bits per heavy atom. The van der Waals surface area contributed by atoms with Crippen LogP contribution in [0.5, 0.6) is 0 Å². The molecule has 0 saturated carbocycles. The van der Waals surface area contributed by atoms with Gasteiger partial charge < -0.3 is 15.5 Å². The normalized spacial score (nSPS) is 22.1. The zero-order chi connectivity index (χ0) is 19.8. The lowest BCUT2D eigenvalue weighted by Crippen LogP contribution is -2.47. The van der Waals surface area contributed by atoms with Gasteiger partial charge in [-0.15, -0.1) is 0 Å². The molecule has 0 radical (unpaired) electrons. The van der Waals surface area contributed by atoms with E-state index in [2.05, 4.69) is 10.3 Å². The molecule has 1 aliphatic heterocycles. The van der Waals surface area contributed by atoms with E-state index < -0.39 is 29.5 Å². The minimum absolute atomic E-state index is 0.109. The number of alkyl halides is 3. The predicted octanol–water partition coefficient (Wildman–Crippen LogP) is 1.59. The molecule has 2 aromatic rings. The van der Waals surface area contributed by atoms with Gasteiger partial charge in [0.25, 0.3) is 5.56 Å². The van der Waals surface area contributed by atoms with Gasteiger partial charge in [-0.1, -0.05) is 0 Å². The minimum atomic E-state index is -4.56. The van der Waals surface area contributed by atoms with E-state index in [1.165, 1.54) is 13.3 Å². The Kier molecular flexibility index (Phi) is 5.55. The van der Waals surface area contributed by atoms with Gasteiger partial charge in [-0.3, -0.25) is 9.36 Å². The fraction of sp³-hybridized carbons (Fsp3) is 0.556. The van der Waals surface area contributed by atoms with Crippen molar-refractivity contribution in [3.63, 3.8) is 0 Å². The number of aliphatic hydroxyl groups excluding tert-OH is 2. The van der Waals surface area contributed by atoms with Gasteiger partial charge in [0.05, 0.1) is 41.5 Å². The average Bonchev–Trinajstić information content (AvgIpc) is 2.59. The quantitative estimate of drug-likeness (QED) is 0.744. The summed E-state index contributed by atoms with van der Waals surface area (Å²) in [5, 5.41) is 23.2. The van der Waals surface area contributed by atoms with Crippen LogP contribution in [-0.2, 0) is 12.7 Å². The van der Waals surface area contributed by atoms with Gasteiger partial charge in [0.2, 0.25) is 0 Å². The highest BCUT2D eigenvalue weighted by Crippen LogP contribution is 2.31. The van der Waals surface area contributed by atoms with Crippen molar-refractivity contribution in [2.45, 2.75) is 57.2 Å². The van der Waals surface area contributed by atoms with Crippen molar-refractivity contribution in [2.75, 3.05) is 6.54 Å². The lowest BCUT2D eigenvalue weighted by molar-refractivity contribution is -0.137. The second-order valence-electron chi connectivity index (χ2n) is 7.05. The zero-order valence-corrected chi connectivity index (χ0v) is 14.8. The first-order chi connectivity index (χ1) is 12.7. The maximum absolute atomic E-state index is 13.0. The lowest BCUT2D eigenvalue weighted by atomic mass is 9.96. The highest BCUT2D eigenvalue weighted by molar-refractivity contribution is 5.81. The van der Waals surface area contributed by atoms with Crippen LogP contribution in [0.2, 0.25) is 0 Å². The first-order valence-corrected chi connectivity index (χ1v) is 8.83. The largest absolute Gasteiger partial charge is 0.416 e. The van der Waals surface area contributed by atoms with E-state index in [0.29, 0.717) is 6.42 Å². The average molecular weight is 385 g/mol. The third kappa shape index (κ3) is 4.31. The van der Waals surface area contributed by atoms with E-state index in [1.807, 2.05) is 0 Å². The van der Waals surface area contributed by atoms with Gasteiger partial charge in [0.15, 0.2) is 0 Å². The molecular weight excluding hydrogens is 363 g/mol. The maximum Gasteiger partial charge on any atom is 0.416 e. The number of piperidine rings is 1. The second-order valence-corrected chi connectivity index (χ2v) is 7.05. The number of rotatable bonds is 4. The van der Waals surface area contributed by atoms with Crippen molar-refractivity contribution in [3.05, 3.63) is 39.9 Å². The van der Waals surface area contributed by atoms with E-state index >= 15 is 0 Å². The molecule has 3 atom stereocenters. The second kappa shape index (κ2) is 7.57. The van der Waals surface area contributed by atoms with Gasteiger partial charge >= 0.3 is 6.18 Å². The van der Waals surface area contributed by atoms with Crippen LogP contribution in [-0.4, -0.2) is 44.6 Å². The first-order valence-electron chi connectivity index (χ1n) is 8.83. The molecule has 1 aliphatic rings. The number of aliphatic hydroxyl groups is 2. The number of benzene rings is 1. The molecule has 2 heterocycles. The number of aryl methyl sites for hydroxylation is 1. The SMILES string of the molecule is Cc1cc(C(F)(F)F)cc2c(=O)n(C[C@@H](O)C[C@H]3NCCC[C@@H]3O)cnc12. The summed E-state index contributed by atoms with van der Waals surface area (Å²) in [5.74, 6) is 0. The topological polar surface area (TPSA) is 87.4 Å². The molecule has 1 saturated heterocycles. The highest BCUT2D eigenvalue weighted by Gasteiger charge is 2.31.